The first-order chi connectivity index (χ1) is 38.1. The molecule has 78 heavy (non-hydrogen) atoms. The summed E-state index contributed by atoms with van der Waals surface area (Å²) in [5.74, 6) is -1.45. The van der Waals surface area contributed by atoms with E-state index in [1.165, 1.54) is 24.0 Å². The first kappa shape index (κ1) is 59.0. The predicted molar refractivity (Wildman–Crippen MR) is 296 cm³/mol. The molecule has 4 atom stereocenters. The molecule has 418 valence electrons. The molecule has 7 rings (SSSR count). The van der Waals surface area contributed by atoms with Gasteiger partial charge in [0.2, 0.25) is 0 Å². The van der Waals surface area contributed by atoms with Crippen LogP contribution in [0.25, 0.3) is 20.2 Å². The van der Waals surface area contributed by atoms with Crippen LogP contribution in [-0.2, 0) is 52.3 Å². The van der Waals surface area contributed by atoms with Gasteiger partial charge in [-0.25, -0.2) is 14.4 Å². The van der Waals surface area contributed by atoms with Crippen LogP contribution >= 0.6 is 11.3 Å². The van der Waals surface area contributed by atoms with Crippen LogP contribution in [0.3, 0.4) is 0 Å². The SMILES string of the molecule is C=COCCOCCOCC(=O)OC1CCCCC(OC(=O)COc2ccc(C(=O)c3ccccc3)cc2)CCC(OC(=O)COc2ccc3sc4ccccc4c(=O)c3c2)CCC(OC(=O)CCN2CCCCC2)CCC1. The smallest absolute Gasteiger partial charge is 0.344 e. The van der Waals surface area contributed by atoms with Crippen molar-refractivity contribution in [1.82, 2.24) is 4.90 Å². The van der Waals surface area contributed by atoms with E-state index in [0.29, 0.717) is 124 Å². The van der Waals surface area contributed by atoms with Crippen molar-refractivity contribution >= 4 is 61.2 Å². The van der Waals surface area contributed by atoms with Crippen LogP contribution in [0.5, 0.6) is 11.5 Å². The number of rotatable bonds is 24. The first-order valence-corrected chi connectivity index (χ1v) is 28.2. The zero-order valence-electron chi connectivity index (χ0n) is 44.5. The third-order valence-electron chi connectivity index (χ3n) is 13.7. The quantitative estimate of drug-likeness (QED) is 0.0142. The maximum absolute atomic E-state index is 13.7. The topological polar surface area (TPSA) is 189 Å². The van der Waals surface area contributed by atoms with Gasteiger partial charge in [0.05, 0.1) is 32.5 Å². The summed E-state index contributed by atoms with van der Waals surface area (Å²) in [7, 11) is 0. The highest BCUT2D eigenvalue weighted by Crippen LogP contribution is 2.29. The minimum atomic E-state index is -0.673. The molecule has 17 heteroatoms. The van der Waals surface area contributed by atoms with E-state index in [1.54, 1.807) is 66.7 Å². The number of piperidine rings is 1. The summed E-state index contributed by atoms with van der Waals surface area (Å²) in [5, 5.41) is 1.10. The molecule has 0 bridgehead atoms. The Morgan fingerprint density at radius 2 is 1.04 bits per heavy atom. The molecule has 2 heterocycles. The Balaban J connectivity index is 1.02. The number of hydrogen-bond donors (Lipinski definition) is 0. The monoisotopic (exact) mass is 1090 g/mol. The Hall–Kier alpha value is -6.66. The molecule has 0 N–H and O–H groups in total. The van der Waals surface area contributed by atoms with Crippen molar-refractivity contribution in [2.75, 3.05) is 65.9 Å². The van der Waals surface area contributed by atoms with Gasteiger partial charge in [0.15, 0.2) is 24.4 Å². The average molecular weight is 1090 g/mol. The second-order valence-corrected chi connectivity index (χ2v) is 20.6. The molecule has 1 aromatic heterocycles. The van der Waals surface area contributed by atoms with E-state index < -0.39 is 55.5 Å². The summed E-state index contributed by atoms with van der Waals surface area (Å²) >= 11 is 1.50. The molecule has 16 nitrogen and oxygen atoms in total. The van der Waals surface area contributed by atoms with E-state index in [4.69, 9.17) is 42.6 Å². The first-order valence-electron chi connectivity index (χ1n) is 27.4. The Labute approximate surface area is 460 Å². The van der Waals surface area contributed by atoms with Crippen molar-refractivity contribution in [1.29, 1.82) is 0 Å². The number of ketones is 1. The lowest BCUT2D eigenvalue weighted by atomic mass is 9.99. The van der Waals surface area contributed by atoms with E-state index in [2.05, 4.69) is 11.5 Å². The van der Waals surface area contributed by atoms with Crippen LogP contribution in [0, 0.1) is 0 Å². The van der Waals surface area contributed by atoms with Crippen LogP contribution in [0.4, 0.5) is 0 Å². The normalized spacial score (nSPS) is 18.8. The highest BCUT2D eigenvalue weighted by Gasteiger charge is 2.26. The van der Waals surface area contributed by atoms with E-state index in [-0.39, 0.29) is 43.4 Å². The number of carbonyl (C=O) groups is 5. The number of nitrogens with zero attached hydrogens (tertiary/aromatic N) is 1. The van der Waals surface area contributed by atoms with Gasteiger partial charge in [0.1, 0.15) is 49.1 Å². The molecule has 1 aliphatic carbocycles. The molecular weight excluding hydrogens is 1020 g/mol. The van der Waals surface area contributed by atoms with Gasteiger partial charge >= 0.3 is 23.9 Å². The molecule has 1 saturated heterocycles. The third-order valence-corrected chi connectivity index (χ3v) is 14.9. The van der Waals surface area contributed by atoms with Crippen LogP contribution in [0.15, 0.2) is 115 Å². The second kappa shape index (κ2) is 32.3. The lowest BCUT2D eigenvalue weighted by Gasteiger charge is -2.27. The fourth-order valence-corrected chi connectivity index (χ4v) is 10.7. The number of carbonyl (C=O) groups excluding carboxylic acids is 5. The van der Waals surface area contributed by atoms with Crippen molar-refractivity contribution in [2.24, 2.45) is 0 Å². The maximum atomic E-state index is 13.7. The van der Waals surface area contributed by atoms with Gasteiger partial charge in [-0.05, 0) is 151 Å². The molecule has 1 aliphatic heterocycles. The molecule has 4 unspecified atom stereocenters. The standard InChI is InChI=1S/C61H73NO15S/c1-2-69-36-37-70-38-39-71-41-57(64)75-47-16-7-8-17-48(76-58(65)42-72-46-24-22-45(23-25-46)60(67)44-14-5-3-6-15-44)26-28-50(29-27-49(19-13-18-47)74-56(63)32-35-62-33-11-4-12-34-62)77-59(66)43-73-51-30-31-55-53(40-51)61(68)52-20-9-10-21-54(52)78-55/h2-3,5-6,9-10,14-15,20-25,30-31,40,47-50H,1,4,7-8,11-13,16-19,26-29,32-39,41-43H2. The third kappa shape index (κ3) is 20.0. The Kier molecular flexibility index (Phi) is 24.4. The van der Waals surface area contributed by atoms with Gasteiger partial charge in [-0.15, -0.1) is 11.3 Å². The average Bonchev–Trinajstić information content (AvgIpc) is 3.54. The van der Waals surface area contributed by atoms with Crippen LogP contribution in [0.1, 0.15) is 112 Å². The fraction of sp³-hybridized carbons (Fsp3) is 0.475. The van der Waals surface area contributed by atoms with Crippen molar-refractivity contribution < 1.29 is 66.6 Å². The number of esters is 4. The summed E-state index contributed by atoms with van der Waals surface area (Å²) in [6.45, 7) is 6.14. The molecule has 1 saturated carbocycles. The summed E-state index contributed by atoms with van der Waals surface area (Å²) in [5.41, 5.74) is 0.911. The highest BCUT2D eigenvalue weighted by molar-refractivity contribution is 7.24. The lowest BCUT2D eigenvalue weighted by Crippen LogP contribution is -2.32. The van der Waals surface area contributed by atoms with Gasteiger partial charge in [-0.2, -0.15) is 0 Å². The molecule has 2 aliphatic rings. The molecule has 0 spiro atoms. The maximum Gasteiger partial charge on any atom is 0.344 e. The number of likely N-dealkylation sites (tertiary alicyclic amines) is 1. The van der Waals surface area contributed by atoms with Crippen molar-refractivity contribution in [2.45, 2.75) is 121 Å². The number of fused-ring (bicyclic) bond motifs is 2. The molecule has 4 aromatic carbocycles. The molecule has 5 aromatic rings. The van der Waals surface area contributed by atoms with Crippen LogP contribution in [0.2, 0.25) is 0 Å². The summed E-state index contributed by atoms with van der Waals surface area (Å²) in [6, 6.07) is 28.1. The zero-order chi connectivity index (χ0) is 54.7. The fourth-order valence-electron chi connectivity index (χ4n) is 9.63. The number of ether oxygens (including phenoxy) is 9. The number of benzene rings is 4. The van der Waals surface area contributed by atoms with Crippen LogP contribution < -0.4 is 14.9 Å². The Morgan fingerprint density at radius 1 is 0.513 bits per heavy atom. The van der Waals surface area contributed by atoms with E-state index in [1.807, 2.05) is 30.3 Å². The van der Waals surface area contributed by atoms with Gasteiger partial charge in [-0.1, -0.05) is 55.5 Å². The molecular formula is C61H73NO15S. The Bertz CT molecular complexity index is 2760. The van der Waals surface area contributed by atoms with Gasteiger partial charge < -0.3 is 47.5 Å². The van der Waals surface area contributed by atoms with Crippen LogP contribution in [-0.4, -0.2) is 125 Å². The van der Waals surface area contributed by atoms with E-state index in [9.17, 15) is 28.8 Å². The van der Waals surface area contributed by atoms with Crippen molar-refractivity contribution in [3.05, 3.63) is 131 Å². The summed E-state index contributed by atoms with van der Waals surface area (Å²) in [6.07, 6.45) is 7.91. The minimum Gasteiger partial charge on any atom is -0.499 e. The van der Waals surface area contributed by atoms with E-state index >= 15 is 0 Å². The van der Waals surface area contributed by atoms with Crippen molar-refractivity contribution in [3.8, 4) is 11.5 Å². The zero-order valence-corrected chi connectivity index (χ0v) is 45.3. The molecule has 0 amide bonds. The summed E-state index contributed by atoms with van der Waals surface area (Å²) < 4.78 is 53.9. The minimum absolute atomic E-state index is 0.122. The summed E-state index contributed by atoms with van der Waals surface area (Å²) in [4.78, 5) is 82.5. The highest BCUT2D eigenvalue weighted by atomic mass is 32.1. The van der Waals surface area contributed by atoms with Gasteiger partial charge in [0, 0.05) is 37.8 Å². The molecule has 0 radical (unpaired) electrons. The predicted octanol–water partition coefficient (Wildman–Crippen LogP) is 10.1. The number of hydrogen-bond acceptors (Lipinski definition) is 17. The van der Waals surface area contributed by atoms with Gasteiger partial charge in [0.25, 0.3) is 0 Å². The Morgan fingerprint density at radius 3 is 1.72 bits per heavy atom. The second-order valence-electron chi connectivity index (χ2n) is 19.6. The largest absolute Gasteiger partial charge is 0.499 e. The van der Waals surface area contributed by atoms with Crippen molar-refractivity contribution in [3.63, 3.8) is 0 Å². The van der Waals surface area contributed by atoms with E-state index in [0.717, 1.165) is 35.3 Å². The van der Waals surface area contributed by atoms with Gasteiger partial charge in [-0.3, -0.25) is 14.4 Å². The molecule has 2 fully saturated rings. The lowest BCUT2D eigenvalue weighted by molar-refractivity contribution is -0.157.